The first-order valence-corrected chi connectivity index (χ1v) is 6.06. The van der Waals surface area contributed by atoms with Crippen LogP contribution in [0.1, 0.15) is 0 Å². The molecule has 0 radical (unpaired) electrons. The number of nitrogens with zero attached hydrogens (tertiary/aromatic N) is 1. The number of hydrogen-bond donors (Lipinski definition) is 2. The molecule has 1 unspecified atom stereocenters. The molecular weight excluding hydrogens is 238 g/mol. The van der Waals surface area contributed by atoms with Crippen molar-refractivity contribution in [1.29, 1.82) is 0 Å². The van der Waals surface area contributed by atoms with Crippen LogP contribution in [0.3, 0.4) is 0 Å². The summed E-state index contributed by atoms with van der Waals surface area (Å²) in [5.41, 5.74) is 0. The minimum Gasteiger partial charge on any atom is -0.447 e. The van der Waals surface area contributed by atoms with E-state index in [4.69, 9.17) is 19.1 Å². The fourth-order valence-electron chi connectivity index (χ4n) is 0.919. The summed E-state index contributed by atoms with van der Waals surface area (Å²) in [4.78, 5) is 3.90. The molecule has 0 amide bonds. The first kappa shape index (κ1) is 12.7. The van der Waals surface area contributed by atoms with Crippen molar-refractivity contribution in [2.24, 2.45) is 0 Å². The minimum absolute atomic E-state index is 0.156. The highest BCUT2D eigenvalue weighted by molar-refractivity contribution is 7.85. The number of rotatable bonds is 1. The van der Waals surface area contributed by atoms with E-state index < -0.39 is 16.4 Å². The zero-order chi connectivity index (χ0) is 12.2. The van der Waals surface area contributed by atoms with E-state index in [1.165, 1.54) is 0 Å². The molecule has 0 bridgehead atoms. The number of ether oxygens (including phenoxy) is 2. The summed E-state index contributed by atoms with van der Waals surface area (Å²) in [6.45, 7) is -0.156. The maximum absolute atomic E-state index is 9.19. The van der Waals surface area contributed by atoms with Crippen molar-refractivity contribution in [1.82, 2.24) is 4.98 Å². The highest BCUT2D eigenvalue weighted by Crippen LogP contribution is 2.30. The van der Waals surface area contributed by atoms with E-state index >= 15 is 0 Å². The number of hydrogen-bond acceptors (Lipinski definition) is 6. The van der Waals surface area contributed by atoms with Crippen molar-refractivity contribution in [3.8, 4) is 11.6 Å². The van der Waals surface area contributed by atoms with Gasteiger partial charge < -0.3 is 14.6 Å². The van der Waals surface area contributed by atoms with Gasteiger partial charge in [-0.1, -0.05) is 0 Å². The average Bonchev–Trinajstić information content (AvgIpc) is 2.57. The third kappa shape index (κ3) is 4.43. The van der Waals surface area contributed by atoms with E-state index in [0.717, 1.165) is 0 Å². The second-order valence-electron chi connectivity index (χ2n) is 2.89. The fourth-order valence-corrected chi connectivity index (χ4v) is 0.919. The van der Waals surface area contributed by atoms with Crippen LogP contribution in [0.15, 0.2) is 18.3 Å². The van der Waals surface area contributed by atoms with Crippen LogP contribution < -0.4 is 9.47 Å². The van der Waals surface area contributed by atoms with Crippen LogP contribution in [0, 0.1) is 0 Å². The van der Waals surface area contributed by atoms with Crippen molar-refractivity contribution in [2.45, 2.75) is 6.29 Å². The van der Waals surface area contributed by atoms with Crippen LogP contribution in [0.4, 0.5) is 0 Å². The van der Waals surface area contributed by atoms with Crippen LogP contribution in [0.5, 0.6) is 11.6 Å². The van der Waals surface area contributed by atoms with E-state index in [1.54, 1.807) is 18.3 Å². The lowest BCUT2D eigenvalue weighted by Gasteiger charge is -2.03. The maximum atomic E-state index is 9.19. The standard InChI is InChI=1S/C7H7NO3.CH4O3S/c9-4-6-10-5-2-1-3-8-7(5)11-6;1-5(2,3)4/h1-3,6,9H,4H2;1H3,(H,2,3,4). The lowest BCUT2D eigenvalue weighted by molar-refractivity contribution is -0.00234. The van der Waals surface area contributed by atoms with Gasteiger partial charge in [-0.05, 0) is 12.1 Å². The Kier molecular flexibility index (Phi) is 4.05. The second-order valence-corrected chi connectivity index (χ2v) is 4.35. The van der Waals surface area contributed by atoms with Crippen molar-refractivity contribution >= 4 is 10.1 Å². The third-order valence-electron chi connectivity index (χ3n) is 1.39. The highest BCUT2D eigenvalue weighted by Gasteiger charge is 2.23. The molecule has 1 atom stereocenters. The van der Waals surface area contributed by atoms with Crippen LogP contribution in [-0.4, -0.2) is 42.2 Å². The molecule has 0 saturated carbocycles. The molecule has 2 N–H and O–H groups in total. The summed E-state index contributed by atoms with van der Waals surface area (Å²) >= 11 is 0. The van der Waals surface area contributed by atoms with Gasteiger partial charge in [-0.25, -0.2) is 4.98 Å². The molecular formula is C8H11NO6S. The lowest BCUT2D eigenvalue weighted by Crippen LogP contribution is -2.22. The van der Waals surface area contributed by atoms with Crippen molar-refractivity contribution < 1.29 is 27.6 Å². The zero-order valence-corrected chi connectivity index (χ0v) is 9.22. The molecule has 1 aromatic rings. The average molecular weight is 249 g/mol. The molecule has 0 saturated heterocycles. The van der Waals surface area contributed by atoms with E-state index in [0.29, 0.717) is 17.9 Å². The summed E-state index contributed by atoms with van der Waals surface area (Å²) in [7, 11) is -3.67. The van der Waals surface area contributed by atoms with E-state index in [2.05, 4.69) is 4.98 Å². The van der Waals surface area contributed by atoms with Gasteiger partial charge in [0.05, 0.1) is 6.26 Å². The van der Waals surface area contributed by atoms with Crippen molar-refractivity contribution in [3.63, 3.8) is 0 Å². The monoisotopic (exact) mass is 249 g/mol. The molecule has 0 aliphatic carbocycles. The second kappa shape index (κ2) is 5.10. The molecule has 2 rings (SSSR count). The summed E-state index contributed by atoms with van der Waals surface area (Å²) in [6.07, 6.45) is 1.74. The zero-order valence-electron chi connectivity index (χ0n) is 8.40. The minimum atomic E-state index is -3.67. The molecule has 2 heterocycles. The first-order valence-electron chi connectivity index (χ1n) is 4.22. The third-order valence-corrected chi connectivity index (χ3v) is 1.39. The molecule has 7 nitrogen and oxygen atoms in total. The van der Waals surface area contributed by atoms with Crippen LogP contribution >= 0.6 is 0 Å². The Balaban J connectivity index is 0.000000221. The largest absolute Gasteiger partial charge is 0.447 e. The van der Waals surface area contributed by atoms with Gasteiger partial charge in [0.1, 0.15) is 6.61 Å². The van der Waals surface area contributed by atoms with Gasteiger partial charge in [-0.15, -0.1) is 0 Å². The molecule has 1 aliphatic heterocycles. The molecule has 1 aliphatic rings. The summed E-state index contributed by atoms with van der Waals surface area (Å²) in [5, 5.41) is 8.66. The Labute approximate surface area is 92.4 Å². The van der Waals surface area contributed by atoms with Crippen molar-refractivity contribution in [2.75, 3.05) is 12.9 Å². The molecule has 0 aromatic carbocycles. The van der Waals surface area contributed by atoms with E-state index in [-0.39, 0.29) is 6.61 Å². The topological polar surface area (TPSA) is 106 Å². The Morgan fingerprint density at radius 2 is 2.12 bits per heavy atom. The van der Waals surface area contributed by atoms with Gasteiger partial charge in [0.2, 0.25) is 0 Å². The first-order chi connectivity index (χ1) is 7.40. The van der Waals surface area contributed by atoms with Crippen LogP contribution in [0.2, 0.25) is 0 Å². The Hall–Kier alpha value is -1.38. The fraction of sp³-hybridized carbons (Fsp3) is 0.375. The number of fused-ring (bicyclic) bond motifs is 1. The molecule has 0 fully saturated rings. The maximum Gasteiger partial charge on any atom is 0.266 e. The smallest absolute Gasteiger partial charge is 0.266 e. The summed E-state index contributed by atoms with van der Waals surface area (Å²) in [6, 6.07) is 3.50. The molecule has 16 heavy (non-hydrogen) atoms. The van der Waals surface area contributed by atoms with E-state index in [1.807, 2.05) is 0 Å². The predicted octanol–water partition coefficient (Wildman–Crippen LogP) is -0.325. The van der Waals surface area contributed by atoms with Gasteiger partial charge in [0.25, 0.3) is 22.3 Å². The normalized spacial score (nSPS) is 17.6. The Morgan fingerprint density at radius 1 is 1.50 bits per heavy atom. The van der Waals surface area contributed by atoms with Crippen LogP contribution in [-0.2, 0) is 10.1 Å². The van der Waals surface area contributed by atoms with Gasteiger partial charge in [0.15, 0.2) is 5.75 Å². The highest BCUT2D eigenvalue weighted by atomic mass is 32.2. The van der Waals surface area contributed by atoms with Crippen LogP contribution in [0.25, 0.3) is 0 Å². The number of aromatic nitrogens is 1. The van der Waals surface area contributed by atoms with Gasteiger partial charge in [-0.3, -0.25) is 4.55 Å². The van der Waals surface area contributed by atoms with E-state index in [9.17, 15) is 8.42 Å². The van der Waals surface area contributed by atoms with Crippen molar-refractivity contribution in [3.05, 3.63) is 18.3 Å². The summed E-state index contributed by atoms with van der Waals surface area (Å²) in [5.74, 6) is 1.04. The molecule has 8 heteroatoms. The number of aliphatic hydroxyl groups excluding tert-OH is 1. The lowest BCUT2D eigenvalue weighted by atomic mass is 10.4. The SMILES string of the molecule is CS(=O)(=O)O.OCC1Oc2cccnc2O1. The van der Waals surface area contributed by atoms with Gasteiger partial charge >= 0.3 is 0 Å². The number of pyridine rings is 1. The molecule has 0 spiro atoms. The molecule has 1 aromatic heterocycles. The Bertz CT molecular complexity index is 413. The predicted molar refractivity (Wildman–Crippen MR) is 53.8 cm³/mol. The summed E-state index contributed by atoms with van der Waals surface area (Å²) < 4.78 is 36.1. The van der Waals surface area contributed by atoms with Gasteiger partial charge in [0, 0.05) is 6.20 Å². The Morgan fingerprint density at radius 3 is 2.62 bits per heavy atom. The quantitative estimate of drug-likeness (QED) is 0.656. The molecule has 90 valence electrons. The van der Waals surface area contributed by atoms with Gasteiger partial charge in [-0.2, -0.15) is 8.42 Å². The number of aliphatic hydroxyl groups is 1.